The van der Waals surface area contributed by atoms with Gasteiger partial charge in [0.15, 0.2) is 0 Å². The fourth-order valence-electron chi connectivity index (χ4n) is 10.1. The molecule has 1 heteroatoms. The zero-order valence-electron chi connectivity index (χ0n) is 31.8. The zero-order chi connectivity index (χ0) is 37.8. The van der Waals surface area contributed by atoms with Gasteiger partial charge in [-0.15, -0.1) is 0 Å². The number of nitrogens with zero attached hydrogens (tertiary/aromatic N) is 1. The Morgan fingerprint density at radius 2 is 0.684 bits per heavy atom. The SMILES string of the molecule is Cc1ccccc1N(c1ccc2c(c1)-c1ccc3c4c(ccc-2c14)-c1cc2c(-c4ccccc4)c4ccccc4c(-c4ccccc4)c2cc1-3)c1ccccc1C. The molecule has 0 heterocycles. The Balaban J connectivity index is 1.10. The lowest BCUT2D eigenvalue weighted by Gasteiger charge is -2.29. The maximum absolute atomic E-state index is 2.51. The van der Waals surface area contributed by atoms with E-state index in [1.165, 1.54) is 127 Å². The molecule has 0 saturated heterocycles. The summed E-state index contributed by atoms with van der Waals surface area (Å²) >= 11 is 0. The van der Waals surface area contributed by atoms with Gasteiger partial charge in [-0.3, -0.25) is 0 Å². The van der Waals surface area contributed by atoms with Crippen LogP contribution in [0.5, 0.6) is 0 Å². The van der Waals surface area contributed by atoms with Crippen LogP contribution < -0.4 is 4.90 Å². The first-order valence-corrected chi connectivity index (χ1v) is 19.9. The first kappa shape index (κ1) is 32.1. The van der Waals surface area contributed by atoms with Crippen molar-refractivity contribution in [1.82, 2.24) is 0 Å². The molecule has 266 valence electrons. The fraction of sp³-hybridized carbons (Fsp3) is 0.0357. The molecule has 57 heavy (non-hydrogen) atoms. The minimum Gasteiger partial charge on any atom is -0.310 e. The number of fused-ring (bicyclic) bond motifs is 8. The highest BCUT2D eigenvalue weighted by atomic mass is 15.1. The van der Waals surface area contributed by atoms with Gasteiger partial charge in [0.05, 0.1) is 0 Å². The van der Waals surface area contributed by atoms with Crippen LogP contribution in [0.2, 0.25) is 0 Å². The molecule has 0 aromatic heterocycles. The molecule has 0 saturated carbocycles. The molecule has 0 N–H and O–H groups in total. The van der Waals surface area contributed by atoms with Crippen molar-refractivity contribution in [3.8, 4) is 66.8 Å². The maximum atomic E-state index is 2.51. The van der Waals surface area contributed by atoms with Gasteiger partial charge in [0, 0.05) is 17.1 Å². The molecule has 2 aliphatic rings. The first-order valence-electron chi connectivity index (χ1n) is 19.9. The van der Waals surface area contributed by atoms with Crippen molar-refractivity contribution in [2.75, 3.05) is 4.90 Å². The third-order valence-electron chi connectivity index (χ3n) is 12.6. The zero-order valence-corrected chi connectivity index (χ0v) is 31.8. The minimum atomic E-state index is 1.17. The lowest BCUT2D eigenvalue weighted by Crippen LogP contribution is -2.12. The minimum absolute atomic E-state index is 1.17. The molecule has 0 spiro atoms. The van der Waals surface area contributed by atoms with Crippen molar-refractivity contribution in [2.45, 2.75) is 13.8 Å². The van der Waals surface area contributed by atoms with Crippen LogP contribution in [0, 0.1) is 13.8 Å². The quantitative estimate of drug-likeness (QED) is 0.160. The van der Waals surface area contributed by atoms with Crippen LogP contribution in [0.25, 0.3) is 99.1 Å². The summed E-state index contributed by atoms with van der Waals surface area (Å²) in [5.41, 5.74) is 21.6. The van der Waals surface area contributed by atoms with E-state index in [0.29, 0.717) is 0 Å². The first-order chi connectivity index (χ1) is 28.1. The van der Waals surface area contributed by atoms with E-state index in [4.69, 9.17) is 0 Å². The molecule has 0 fully saturated rings. The van der Waals surface area contributed by atoms with Crippen molar-refractivity contribution >= 4 is 49.4 Å². The number of benzene rings is 10. The van der Waals surface area contributed by atoms with Crippen LogP contribution in [0.4, 0.5) is 17.1 Å². The highest BCUT2D eigenvalue weighted by Gasteiger charge is 2.31. The Bertz CT molecular complexity index is 3140. The fourth-order valence-corrected chi connectivity index (χ4v) is 10.1. The van der Waals surface area contributed by atoms with E-state index in [-0.39, 0.29) is 0 Å². The lowest BCUT2D eigenvalue weighted by atomic mass is 9.84. The van der Waals surface area contributed by atoms with Gasteiger partial charge in [0.1, 0.15) is 0 Å². The Kier molecular flexibility index (Phi) is 6.83. The summed E-state index contributed by atoms with van der Waals surface area (Å²) in [6, 6.07) is 70.0. The van der Waals surface area contributed by atoms with Crippen LogP contribution in [-0.4, -0.2) is 0 Å². The largest absolute Gasteiger partial charge is 0.310 e. The second kappa shape index (κ2) is 12.1. The van der Waals surface area contributed by atoms with Crippen LogP contribution in [0.1, 0.15) is 11.1 Å². The molecule has 0 aliphatic heterocycles. The molecule has 0 bridgehead atoms. The molecule has 0 atom stereocenters. The van der Waals surface area contributed by atoms with Crippen molar-refractivity contribution in [1.29, 1.82) is 0 Å². The Morgan fingerprint density at radius 3 is 1.16 bits per heavy atom. The van der Waals surface area contributed by atoms with Crippen LogP contribution in [0.15, 0.2) is 188 Å². The van der Waals surface area contributed by atoms with Gasteiger partial charge in [0.2, 0.25) is 0 Å². The van der Waals surface area contributed by atoms with Gasteiger partial charge in [-0.05, 0) is 160 Å². The predicted octanol–water partition coefficient (Wildman–Crippen LogP) is 15.9. The van der Waals surface area contributed by atoms with E-state index in [9.17, 15) is 0 Å². The number of rotatable bonds is 5. The molecular formula is C56H37N. The topological polar surface area (TPSA) is 3.24 Å². The van der Waals surface area contributed by atoms with E-state index in [1.54, 1.807) is 0 Å². The lowest BCUT2D eigenvalue weighted by molar-refractivity contribution is 1.23. The average molecular weight is 724 g/mol. The third-order valence-corrected chi connectivity index (χ3v) is 12.6. The maximum Gasteiger partial charge on any atom is 0.0490 e. The number of hydrogen-bond acceptors (Lipinski definition) is 1. The van der Waals surface area contributed by atoms with Crippen LogP contribution in [0.3, 0.4) is 0 Å². The standard InChI is InChI=1S/C56H37N/c1-34-15-9-13-23-51(34)57(52-24-14-10-16-35(52)2)38-25-26-39-42-27-28-44-47-32-49-50(33-48(47)45-30-29-43(46(39)31-38)55(42)56(44)45)54(37-19-7-4-8-20-37)41-22-12-11-21-40(41)53(49)36-17-5-3-6-18-36/h3-33H,1-2H3. The van der Waals surface area contributed by atoms with E-state index in [2.05, 4.69) is 207 Å². The molecule has 0 amide bonds. The Labute approximate surface area is 332 Å². The Hall–Kier alpha value is -7.22. The molecular weight excluding hydrogens is 687 g/mol. The summed E-state index contributed by atoms with van der Waals surface area (Å²) in [7, 11) is 0. The van der Waals surface area contributed by atoms with Crippen molar-refractivity contribution in [3.05, 3.63) is 199 Å². The van der Waals surface area contributed by atoms with Gasteiger partial charge >= 0.3 is 0 Å². The van der Waals surface area contributed by atoms with Crippen molar-refractivity contribution in [3.63, 3.8) is 0 Å². The second-order valence-electron chi connectivity index (χ2n) is 15.7. The van der Waals surface area contributed by atoms with Gasteiger partial charge in [-0.25, -0.2) is 0 Å². The summed E-state index contributed by atoms with van der Waals surface area (Å²) in [6.45, 7) is 4.41. The van der Waals surface area contributed by atoms with Gasteiger partial charge in [-0.1, -0.05) is 152 Å². The predicted molar refractivity (Wildman–Crippen MR) is 243 cm³/mol. The monoisotopic (exact) mass is 723 g/mol. The number of aryl methyl sites for hydroxylation is 2. The summed E-state index contributed by atoms with van der Waals surface area (Å²) in [5, 5.41) is 7.88. The molecule has 10 aromatic rings. The summed E-state index contributed by atoms with van der Waals surface area (Å²) in [6.07, 6.45) is 0. The van der Waals surface area contributed by atoms with Crippen molar-refractivity contribution in [2.24, 2.45) is 0 Å². The average Bonchev–Trinajstić information content (AvgIpc) is 3.75. The van der Waals surface area contributed by atoms with E-state index in [1.807, 2.05) is 0 Å². The highest BCUT2D eigenvalue weighted by molar-refractivity contribution is 6.29. The van der Waals surface area contributed by atoms with E-state index < -0.39 is 0 Å². The molecule has 2 aliphatic carbocycles. The highest BCUT2D eigenvalue weighted by Crippen LogP contribution is 2.58. The van der Waals surface area contributed by atoms with E-state index in [0.717, 1.165) is 0 Å². The van der Waals surface area contributed by atoms with Crippen LogP contribution >= 0.6 is 0 Å². The summed E-state index contributed by atoms with van der Waals surface area (Å²) in [5.74, 6) is 0. The third kappa shape index (κ3) is 4.57. The summed E-state index contributed by atoms with van der Waals surface area (Å²) in [4.78, 5) is 2.43. The normalized spacial score (nSPS) is 12.0. The van der Waals surface area contributed by atoms with E-state index >= 15 is 0 Å². The number of anilines is 3. The number of hydrogen-bond donors (Lipinski definition) is 0. The smallest absolute Gasteiger partial charge is 0.0490 e. The molecule has 0 unspecified atom stereocenters. The van der Waals surface area contributed by atoms with Crippen LogP contribution in [-0.2, 0) is 0 Å². The summed E-state index contributed by atoms with van der Waals surface area (Å²) < 4.78 is 0. The Morgan fingerprint density at radius 1 is 0.298 bits per heavy atom. The van der Waals surface area contributed by atoms with Gasteiger partial charge < -0.3 is 4.90 Å². The molecule has 12 rings (SSSR count). The second-order valence-corrected chi connectivity index (χ2v) is 15.7. The van der Waals surface area contributed by atoms with Crippen molar-refractivity contribution < 1.29 is 0 Å². The number of para-hydroxylation sites is 2. The molecule has 10 aromatic carbocycles. The van der Waals surface area contributed by atoms with Gasteiger partial charge in [-0.2, -0.15) is 0 Å². The van der Waals surface area contributed by atoms with Gasteiger partial charge in [0.25, 0.3) is 0 Å². The molecule has 1 nitrogen and oxygen atoms in total. The molecule has 0 radical (unpaired) electrons.